The van der Waals surface area contributed by atoms with Crippen molar-refractivity contribution in [1.29, 1.82) is 0 Å². The van der Waals surface area contributed by atoms with Gasteiger partial charge in [0, 0.05) is 19.0 Å². The van der Waals surface area contributed by atoms with E-state index in [1.807, 2.05) is 0 Å². The van der Waals surface area contributed by atoms with E-state index in [-0.39, 0.29) is 0 Å². The van der Waals surface area contributed by atoms with Crippen molar-refractivity contribution in [2.24, 2.45) is 11.8 Å². The molecule has 0 spiro atoms. The van der Waals surface area contributed by atoms with Gasteiger partial charge in [-0.3, -0.25) is 4.84 Å². The van der Waals surface area contributed by atoms with Crippen molar-refractivity contribution < 1.29 is 4.84 Å². The molecule has 64 valence electrons. The van der Waals surface area contributed by atoms with Crippen LogP contribution in [-0.4, -0.2) is 36.3 Å². The summed E-state index contributed by atoms with van der Waals surface area (Å²) in [5.41, 5.74) is 0. The van der Waals surface area contributed by atoms with E-state index in [1.54, 1.807) is 0 Å². The zero-order valence-corrected chi connectivity index (χ0v) is 7.93. The zero-order chi connectivity index (χ0) is 7.84. The SMILES string of the molecule is C[C@@H]1CSC[C@@H]2CON(C)[C@H]21. The van der Waals surface area contributed by atoms with Crippen molar-refractivity contribution in [2.45, 2.75) is 13.0 Å². The molecule has 0 aromatic carbocycles. The van der Waals surface area contributed by atoms with E-state index in [9.17, 15) is 0 Å². The van der Waals surface area contributed by atoms with Crippen molar-refractivity contribution in [3.05, 3.63) is 0 Å². The smallest absolute Gasteiger partial charge is 0.0737 e. The fraction of sp³-hybridized carbons (Fsp3) is 1.00. The lowest BCUT2D eigenvalue weighted by Crippen LogP contribution is -2.40. The Kier molecular flexibility index (Phi) is 2.12. The molecule has 2 heterocycles. The summed E-state index contributed by atoms with van der Waals surface area (Å²) in [6.45, 7) is 3.27. The van der Waals surface area contributed by atoms with Crippen molar-refractivity contribution >= 4 is 11.8 Å². The number of hydrogen-bond acceptors (Lipinski definition) is 3. The van der Waals surface area contributed by atoms with Crippen LogP contribution in [0.2, 0.25) is 0 Å². The summed E-state index contributed by atoms with van der Waals surface area (Å²) in [7, 11) is 2.07. The third-order valence-corrected chi connectivity index (χ3v) is 4.12. The van der Waals surface area contributed by atoms with Gasteiger partial charge in [-0.05, 0) is 17.4 Å². The van der Waals surface area contributed by atoms with Gasteiger partial charge in [0.1, 0.15) is 0 Å². The van der Waals surface area contributed by atoms with Crippen LogP contribution >= 0.6 is 11.8 Å². The van der Waals surface area contributed by atoms with Crippen LogP contribution in [0.5, 0.6) is 0 Å². The van der Waals surface area contributed by atoms with Crippen molar-refractivity contribution in [3.8, 4) is 0 Å². The van der Waals surface area contributed by atoms with E-state index >= 15 is 0 Å². The van der Waals surface area contributed by atoms with Gasteiger partial charge in [-0.25, -0.2) is 0 Å². The molecule has 3 atom stereocenters. The maximum atomic E-state index is 5.49. The highest BCUT2D eigenvalue weighted by atomic mass is 32.2. The monoisotopic (exact) mass is 173 g/mol. The van der Waals surface area contributed by atoms with E-state index in [0.717, 1.165) is 18.4 Å². The topological polar surface area (TPSA) is 12.5 Å². The number of thioether (sulfide) groups is 1. The molecule has 11 heavy (non-hydrogen) atoms. The highest BCUT2D eigenvalue weighted by Gasteiger charge is 2.39. The summed E-state index contributed by atoms with van der Waals surface area (Å²) >= 11 is 2.07. The molecule has 0 bridgehead atoms. The second-order valence-corrected chi connectivity index (χ2v) is 4.68. The van der Waals surface area contributed by atoms with E-state index in [0.29, 0.717) is 6.04 Å². The van der Waals surface area contributed by atoms with E-state index < -0.39 is 0 Å². The van der Waals surface area contributed by atoms with Gasteiger partial charge >= 0.3 is 0 Å². The van der Waals surface area contributed by atoms with Gasteiger partial charge in [0.2, 0.25) is 0 Å². The molecule has 0 aliphatic carbocycles. The van der Waals surface area contributed by atoms with Crippen LogP contribution in [-0.2, 0) is 4.84 Å². The molecule has 0 saturated carbocycles. The summed E-state index contributed by atoms with van der Waals surface area (Å²) in [6.07, 6.45) is 0. The molecule has 2 aliphatic rings. The number of fused-ring (bicyclic) bond motifs is 1. The van der Waals surface area contributed by atoms with Crippen molar-refractivity contribution in [1.82, 2.24) is 5.06 Å². The van der Waals surface area contributed by atoms with Crippen LogP contribution in [0, 0.1) is 11.8 Å². The first-order valence-electron chi connectivity index (χ1n) is 4.22. The molecular formula is C8H15NOS. The molecule has 2 nitrogen and oxygen atoms in total. The van der Waals surface area contributed by atoms with Crippen molar-refractivity contribution in [3.63, 3.8) is 0 Å². The summed E-state index contributed by atoms with van der Waals surface area (Å²) in [5, 5.41) is 2.06. The molecule has 0 N–H and O–H groups in total. The molecule has 2 saturated heterocycles. The number of nitrogens with zero attached hydrogens (tertiary/aromatic N) is 1. The van der Waals surface area contributed by atoms with Crippen LogP contribution in [0.1, 0.15) is 6.92 Å². The average Bonchev–Trinajstić information content (AvgIpc) is 2.34. The minimum absolute atomic E-state index is 0.691. The Morgan fingerprint density at radius 3 is 3.00 bits per heavy atom. The molecule has 0 aromatic heterocycles. The first kappa shape index (κ1) is 7.90. The molecule has 0 radical (unpaired) electrons. The Hall–Kier alpha value is 0.270. The Bertz CT molecular complexity index is 151. The summed E-state index contributed by atoms with van der Waals surface area (Å²) in [5.74, 6) is 4.17. The second kappa shape index (κ2) is 2.96. The van der Waals surface area contributed by atoms with Gasteiger partial charge in [0.15, 0.2) is 0 Å². The van der Waals surface area contributed by atoms with Crippen LogP contribution < -0.4 is 0 Å². The minimum Gasteiger partial charge on any atom is -0.299 e. The molecule has 0 unspecified atom stereocenters. The standard InChI is InChI=1S/C8H15NOS/c1-6-4-11-5-7-3-10-9(2)8(6)7/h6-8H,3-5H2,1-2H3/t6-,7+,8+/m1/s1. The highest BCUT2D eigenvalue weighted by Crippen LogP contribution is 2.35. The number of rotatable bonds is 0. The van der Waals surface area contributed by atoms with Gasteiger partial charge < -0.3 is 0 Å². The number of hydroxylamine groups is 2. The Balaban J connectivity index is 2.08. The fourth-order valence-electron chi connectivity index (χ4n) is 2.17. The van der Waals surface area contributed by atoms with E-state index in [4.69, 9.17) is 4.84 Å². The summed E-state index contributed by atoms with van der Waals surface area (Å²) < 4.78 is 0. The number of hydrogen-bond donors (Lipinski definition) is 0. The fourth-order valence-corrected chi connectivity index (χ4v) is 3.47. The first-order chi connectivity index (χ1) is 5.29. The molecule has 0 aromatic rings. The van der Waals surface area contributed by atoms with Gasteiger partial charge in [0.05, 0.1) is 6.61 Å². The lowest BCUT2D eigenvalue weighted by Gasteiger charge is -2.32. The Morgan fingerprint density at radius 1 is 1.45 bits per heavy atom. The maximum absolute atomic E-state index is 5.49. The molecule has 0 amide bonds. The molecular weight excluding hydrogens is 158 g/mol. The predicted octanol–water partition coefficient (Wildman–Crippen LogP) is 1.23. The van der Waals surface area contributed by atoms with Crippen LogP contribution in [0.25, 0.3) is 0 Å². The highest BCUT2D eigenvalue weighted by molar-refractivity contribution is 7.99. The quantitative estimate of drug-likeness (QED) is 0.547. The molecule has 2 rings (SSSR count). The van der Waals surface area contributed by atoms with Crippen LogP contribution in [0.15, 0.2) is 0 Å². The first-order valence-corrected chi connectivity index (χ1v) is 5.38. The minimum atomic E-state index is 0.691. The van der Waals surface area contributed by atoms with Gasteiger partial charge in [-0.15, -0.1) is 0 Å². The van der Waals surface area contributed by atoms with E-state index in [2.05, 4.69) is 30.8 Å². The van der Waals surface area contributed by atoms with Gasteiger partial charge in [-0.1, -0.05) is 6.92 Å². The third-order valence-electron chi connectivity index (χ3n) is 2.69. The molecule has 2 aliphatic heterocycles. The third kappa shape index (κ3) is 1.30. The maximum Gasteiger partial charge on any atom is 0.0737 e. The Labute approximate surface area is 72.2 Å². The lowest BCUT2D eigenvalue weighted by molar-refractivity contribution is -0.116. The molecule has 3 heteroatoms. The molecule has 2 fully saturated rings. The zero-order valence-electron chi connectivity index (χ0n) is 7.12. The Morgan fingerprint density at radius 2 is 2.27 bits per heavy atom. The van der Waals surface area contributed by atoms with Gasteiger partial charge in [-0.2, -0.15) is 16.8 Å². The van der Waals surface area contributed by atoms with Crippen molar-refractivity contribution in [2.75, 3.05) is 25.2 Å². The predicted molar refractivity (Wildman–Crippen MR) is 47.5 cm³/mol. The largest absolute Gasteiger partial charge is 0.299 e. The second-order valence-electron chi connectivity index (χ2n) is 3.61. The summed E-state index contributed by atoms with van der Waals surface area (Å²) in [4.78, 5) is 5.49. The van der Waals surface area contributed by atoms with Gasteiger partial charge in [0.25, 0.3) is 0 Å². The lowest BCUT2D eigenvalue weighted by atomic mass is 9.92. The van der Waals surface area contributed by atoms with Crippen LogP contribution in [0.3, 0.4) is 0 Å². The normalized spacial score (nSPS) is 45.8. The van der Waals surface area contributed by atoms with Crippen LogP contribution in [0.4, 0.5) is 0 Å². The summed E-state index contributed by atoms with van der Waals surface area (Å²) in [6, 6.07) is 0.691. The average molecular weight is 173 g/mol. The van der Waals surface area contributed by atoms with E-state index in [1.165, 1.54) is 11.5 Å².